The summed E-state index contributed by atoms with van der Waals surface area (Å²) in [6.07, 6.45) is 3.19. The average molecular weight is 401 g/mol. The molecule has 2 aromatic heterocycles. The molecule has 0 radical (unpaired) electrons. The summed E-state index contributed by atoms with van der Waals surface area (Å²) in [5, 5.41) is 0. The molecule has 1 aliphatic rings. The van der Waals surface area contributed by atoms with Gasteiger partial charge in [0.1, 0.15) is 11.6 Å². The first kappa shape index (κ1) is 20.8. The molecule has 1 saturated heterocycles. The molecule has 1 fully saturated rings. The van der Waals surface area contributed by atoms with Crippen molar-refractivity contribution in [3.63, 3.8) is 0 Å². The predicted molar refractivity (Wildman–Crippen MR) is 117 cm³/mol. The zero-order valence-electron chi connectivity index (χ0n) is 17.8. The Morgan fingerprint density at radius 1 is 1.14 bits per heavy atom. The van der Waals surface area contributed by atoms with Gasteiger partial charge in [-0.3, -0.25) is 4.79 Å². The molecule has 1 amide bonds. The molecule has 0 unspecified atom stereocenters. The molecular weight excluding hydrogens is 368 g/mol. The highest BCUT2D eigenvalue weighted by molar-refractivity contribution is 7.14. The van der Waals surface area contributed by atoms with Gasteiger partial charge in [-0.25, -0.2) is 9.97 Å². The molecule has 6 heteroatoms. The largest absolute Gasteiger partial charge is 0.353 e. The van der Waals surface area contributed by atoms with E-state index in [0.717, 1.165) is 67.7 Å². The molecule has 2 aromatic rings. The second kappa shape index (κ2) is 9.03. The number of carbonyl (C=O) groups excluding carboxylic acids is 1. The van der Waals surface area contributed by atoms with Crippen LogP contribution in [0.15, 0.2) is 12.1 Å². The number of thiophene rings is 1. The minimum atomic E-state index is 0.184. The molecule has 28 heavy (non-hydrogen) atoms. The third-order valence-corrected chi connectivity index (χ3v) is 6.46. The third-order valence-electron chi connectivity index (χ3n) is 5.23. The minimum Gasteiger partial charge on any atom is -0.353 e. The van der Waals surface area contributed by atoms with Crippen molar-refractivity contribution < 1.29 is 4.79 Å². The smallest absolute Gasteiger partial charge is 0.264 e. The highest BCUT2D eigenvalue weighted by Gasteiger charge is 2.25. The van der Waals surface area contributed by atoms with Gasteiger partial charge < -0.3 is 9.80 Å². The van der Waals surface area contributed by atoms with Gasteiger partial charge in [0.15, 0.2) is 0 Å². The van der Waals surface area contributed by atoms with Gasteiger partial charge in [-0.15, -0.1) is 11.3 Å². The number of aromatic nitrogens is 2. The molecular formula is C22H32N4OS. The van der Waals surface area contributed by atoms with E-state index in [-0.39, 0.29) is 5.91 Å². The summed E-state index contributed by atoms with van der Waals surface area (Å²) in [6.45, 7) is 13.7. The molecule has 3 heterocycles. The lowest BCUT2D eigenvalue weighted by molar-refractivity contribution is 0.0751. The number of rotatable bonds is 6. The van der Waals surface area contributed by atoms with Gasteiger partial charge in [0.25, 0.3) is 5.91 Å². The van der Waals surface area contributed by atoms with Crippen LogP contribution in [0, 0.1) is 6.92 Å². The molecule has 1 aliphatic heterocycles. The Labute approximate surface area is 172 Å². The molecule has 0 bridgehead atoms. The molecule has 0 saturated carbocycles. The number of piperazine rings is 1. The maximum atomic E-state index is 13.0. The van der Waals surface area contributed by atoms with Gasteiger partial charge >= 0.3 is 0 Å². The van der Waals surface area contributed by atoms with Crippen LogP contribution in [0.5, 0.6) is 0 Å². The molecule has 152 valence electrons. The molecule has 0 spiro atoms. The summed E-state index contributed by atoms with van der Waals surface area (Å²) in [4.78, 5) is 28.9. The first-order chi connectivity index (χ1) is 13.4. The number of hydrogen-bond donors (Lipinski definition) is 0. The first-order valence-electron chi connectivity index (χ1n) is 10.4. The quantitative estimate of drug-likeness (QED) is 0.719. The van der Waals surface area contributed by atoms with Crippen molar-refractivity contribution in [2.45, 2.75) is 59.8 Å². The second-order valence-corrected chi connectivity index (χ2v) is 8.96. The SMILES string of the molecule is CCCc1sc(C(=O)N2CCN(c3cc(C)nc(C(C)C)n3)CC2)cc1CC. The number of amides is 1. The lowest BCUT2D eigenvalue weighted by atomic mass is 10.1. The average Bonchev–Trinajstić information content (AvgIpc) is 3.10. The number of hydrogen-bond acceptors (Lipinski definition) is 5. The van der Waals surface area contributed by atoms with Crippen LogP contribution in [-0.4, -0.2) is 47.0 Å². The van der Waals surface area contributed by atoms with E-state index in [1.807, 2.05) is 17.9 Å². The lowest BCUT2D eigenvalue weighted by Gasteiger charge is -2.35. The third kappa shape index (κ3) is 4.54. The van der Waals surface area contributed by atoms with E-state index >= 15 is 0 Å². The highest BCUT2D eigenvalue weighted by Crippen LogP contribution is 2.26. The Bertz CT molecular complexity index is 822. The van der Waals surface area contributed by atoms with Crippen molar-refractivity contribution in [2.24, 2.45) is 0 Å². The summed E-state index contributed by atoms with van der Waals surface area (Å²) < 4.78 is 0. The minimum absolute atomic E-state index is 0.184. The fourth-order valence-corrected chi connectivity index (χ4v) is 4.92. The van der Waals surface area contributed by atoms with Crippen LogP contribution in [-0.2, 0) is 12.8 Å². The molecule has 0 N–H and O–H groups in total. The summed E-state index contributed by atoms with van der Waals surface area (Å²) in [6, 6.07) is 4.17. The molecule has 0 aromatic carbocycles. The van der Waals surface area contributed by atoms with Crippen LogP contribution < -0.4 is 4.90 Å². The number of nitrogens with zero attached hydrogens (tertiary/aromatic N) is 4. The zero-order valence-corrected chi connectivity index (χ0v) is 18.6. The summed E-state index contributed by atoms with van der Waals surface area (Å²) in [5.74, 6) is 2.37. The summed E-state index contributed by atoms with van der Waals surface area (Å²) >= 11 is 1.69. The van der Waals surface area contributed by atoms with Crippen molar-refractivity contribution >= 4 is 23.1 Å². The standard InChI is InChI=1S/C22H32N4OS/c1-6-8-18-17(7-2)14-19(28-18)22(27)26-11-9-25(10-12-26)20-13-16(5)23-21(24-20)15(3)4/h13-15H,6-12H2,1-5H3. The first-order valence-corrected chi connectivity index (χ1v) is 11.3. The normalized spacial score (nSPS) is 14.8. The van der Waals surface area contributed by atoms with E-state index in [4.69, 9.17) is 4.98 Å². The fourth-order valence-electron chi connectivity index (χ4n) is 3.60. The van der Waals surface area contributed by atoms with Crippen LogP contribution in [0.25, 0.3) is 0 Å². The molecule has 0 aliphatic carbocycles. The monoisotopic (exact) mass is 400 g/mol. The van der Waals surface area contributed by atoms with Gasteiger partial charge in [-0.1, -0.05) is 34.1 Å². The Morgan fingerprint density at radius 2 is 1.86 bits per heavy atom. The maximum absolute atomic E-state index is 13.0. The zero-order chi connectivity index (χ0) is 20.3. The van der Waals surface area contributed by atoms with Crippen LogP contribution >= 0.6 is 11.3 Å². The van der Waals surface area contributed by atoms with E-state index in [9.17, 15) is 4.79 Å². The lowest BCUT2D eigenvalue weighted by Crippen LogP contribution is -2.49. The van der Waals surface area contributed by atoms with Crippen molar-refractivity contribution in [2.75, 3.05) is 31.1 Å². The number of carbonyl (C=O) groups is 1. The van der Waals surface area contributed by atoms with E-state index in [1.54, 1.807) is 11.3 Å². The molecule has 5 nitrogen and oxygen atoms in total. The Morgan fingerprint density at radius 3 is 2.46 bits per heavy atom. The summed E-state index contributed by atoms with van der Waals surface area (Å²) in [5.41, 5.74) is 2.34. The Kier molecular flexibility index (Phi) is 6.70. The summed E-state index contributed by atoms with van der Waals surface area (Å²) in [7, 11) is 0. The van der Waals surface area contributed by atoms with Gasteiger partial charge in [0.2, 0.25) is 0 Å². The van der Waals surface area contributed by atoms with E-state index in [2.05, 4.69) is 43.6 Å². The Hall–Kier alpha value is -1.95. The van der Waals surface area contributed by atoms with Gasteiger partial charge in [0, 0.05) is 48.7 Å². The van der Waals surface area contributed by atoms with Gasteiger partial charge in [-0.2, -0.15) is 0 Å². The molecule has 0 atom stereocenters. The number of anilines is 1. The molecule has 3 rings (SSSR count). The van der Waals surface area contributed by atoms with Crippen LogP contribution in [0.3, 0.4) is 0 Å². The van der Waals surface area contributed by atoms with Crippen LogP contribution in [0.2, 0.25) is 0 Å². The van der Waals surface area contributed by atoms with Crippen LogP contribution in [0.1, 0.15) is 71.7 Å². The Balaban J connectivity index is 1.68. The van der Waals surface area contributed by atoms with Gasteiger partial charge in [0.05, 0.1) is 4.88 Å². The van der Waals surface area contributed by atoms with E-state index in [1.165, 1.54) is 10.4 Å². The second-order valence-electron chi connectivity index (χ2n) is 7.82. The number of aryl methyl sites for hydroxylation is 3. The van der Waals surface area contributed by atoms with Crippen molar-refractivity contribution in [3.8, 4) is 0 Å². The topological polar surface area (TPSA) is 49.3 Å². The van der Waals surface area contributed by atoms with Gasteiger partial charge in [-0.05, 0) is 31.4 Å². The van der Waals surface area contributed by atoms with E-state index in [0.29, 0.717) is 5.92 Å². The van der Waals surface area contributed by atoms with E-state index < -0.39 is 0 Å². The van der Waals surface area contributed by atoms with Crippen molar-refractivity contribution in [1.29, 1.82) is 0 Å². The fraction of sp³-hybridized carbons (Fsp3) is 0.591. The highest BCUT2D eigenvalue weighted by atomic mass is 32.1. The van der Waals surface area contributed by atoms with Crippen molar-refractivity contribution in [1.82, 2.24) is 14.9 Å². The predicted octanol–water partition coefficient (Wildman–Crippen LogP) is 4.45. The van der Waals surface area contributed by atoms with Crippen LogP contribution in [0.4, 0.5) is 5.82 Å². The van der Waals surface area contributed by atoms with Crippen molar-refractivity contribution in [3.05, 3.63) is 39.0 Å². The maximum Gasteiger partial charge on any atom is 0.264 e.